The molecule has 1 aliphatic carbocycles. The number of benzene rings is 1. The Morgan fingerprint density at radius 2 is 2.06 bits per heavy atom. The van der Waals surface area contributed by atoms with Gasteiger partial charge in [-0.2, -0.15) is 0 Å². The number of rotatable bonds is 2. The molecule has 0 radical (unpaired) electrons. The normalized spacial score (nSPS) is 18.1. The standard InChI is InChI=1S/C13H14ClFO/c14-11-6-10(7-12(15)8-11)13(16)9-4-2-1-3-5-9/h4,6-8,13,16H,1-3,5H2. The SMILES string of the molecule is OC(C1=CCCCC1)c1cc(F)cc(Cl)c1. The first-order chi connectivity index (χ1) is 7.66. The first kappa shape index (κ1) is 11.6. The molecule has 2 rings (SSSR count). The largest absolute Gasteiger partial charge is 0.384 e. The van der Waals surface area contributed by atoms with Crippen molar-refractivity contribution in [2.24, 2.45) is 0 Å². The Hall–Kier alpha value is -0.860. The van der Waals surface area contributed by atoms with Crippen LogP contribution in [0.1, 0.15) is 37.4 Å². The second-order valence-corrected chi connectivity index (χ2v) is 4.57. The average Bonchev–Trinajstić information content (AvgIpc) is 2.28. The first-order valence-corrected chi connectivity index (χ1v) is 5.87. The van der Waals surface area contributed by atoms with Crippen molar-refractivity contribution >= 4 is 11.6 Å². The van der Waals surface area contributed by atoms with Gasteiger partial charge in [-0.3, -0.25) is 0 Å². The predicted molar refractivity (Wildman–Crippen MR) is 62.9 cm³/mol. The van der Waals surface area contributed by atoms with Gasteiger partial charge in [-0.25, -0.2) is 4.39 Å². The van der Waals surface area contributed by atoms with Crippen LogP contribution in [0, 0.1) is 5.82 Å². The average molecular weight is 241 g/mol. The van der Waals surface area contributed by atoms with Gasteiger partial charge in [0.05, 0.1) is 0 Å². The van der Waals surface area contributed by atoms with Gasteiger partial charge >= 0.3 is 0 Å². The summed E-state index contributed by atoms with van der Waals surface area (Å²) in [5.41, 5.74) is 1.52. The van der Waals surface area contributed by atoms with Gasteiger partial charge in [-0.1, -0.05) is 17.7 Å². The van der Waals surface area contributed by atoms with Crippen LogP contribution < -0.4 is 0 Å². The summed E-state index contributed by atoms with van der Waals surface area (Å²) in [6.45, 7) is 0. The van der Waals surface area contributed by atoms with Crippen molar-refractivity contribution in [3.63, 3.8) is 0 Å². The fourth-order valence-electron chi connectivity index (χ4n) is 2.06. The number of allylic oxidation sites excluding steroid dienone is 1. The molecule has 1 N–H and O–H groups in total. The van der Waals surface area contributed by atoms with Gasteiger partial charge in [0.25, 0.3) is 0 Å². The molecule has 0 aliphatic heterocycles. The second kappa shape index (κ2) is 4.98. The monoisotopic (exact) mass is 240 g/mol. The van der Waals surface area contributed by atoms with Gasteiger partial charge in [-0.05, 0) is 55.0 Å². The van der Waals surface area contributed by atoms with Crippen molar-refractivity contribution in [3.8, 4) is 0 Å². The van der Waals surface area contributed by atoms with Gasteiger partial charge in [-0.15, -0.1) is 0 Å². The van der Waals surface area contributed by atoms with E-state index < -0.39 is 11.9 Å². The van der Waals surface area contributed by atoms with E-state index in [2.05, 4.69) is 0 Å². The molecule has 86 valence electrons. The maximum absolute atomic E-state index is 13.1. The summed E-state index contributed by atoms with van der Waals surface area (Å²) in [7, 11) is 0. The molecule has 0 fully saturated rings. The molecular weight excluding hydrogens is 227 g/mol. The van der Waals surface area contributed by atoms with Gasteiger partial charge in [0.1, 0.15) is 11.9 Å². The number of aliphatic hydroxyl groups excluding tert-OH is 1. The highest BCUT2D eigenvalue weighted by atomic mass is 35.5. The van der Waals surface area contributed by atoms with Crippen LogP contribution in [0.25, 0.3) is 0 Å². The van der Waals surface area contributed by atoms with Crippen LogP contribution in [0.5, 0.6) is 0 Å². The summed E-state index contributed by atoms with van der Waals surface area (Å²) in [5.74, 6) is -0.405. The van der Waals surface area contributed by atoms with Crippen LogP contribution in [-0.2, 0) is 0 Å². The Morgan fingerprint density at radius 1 is 1.25 bits per heavy atom. The van der Waals surface area contributed by atoms with Gasteiger partial charge in [0, 0.05) is 5.02 Å². The van der Waals surface area contributed by atoms with E-state index in [9.17, 15) is 9.50 Å². The lowest BCUT2D eigenvalue weighted by atomic mass is 9.92. The van der Waals surface area contributed by atoms with E-state index in [1.165, 1.54) is 18.6 Å². The minimum Gasteiger partial charge on any atom is -0.384 e. The van der Waals surface area contributed by atoms with Gasteiger partial charge < -0.3 is 5.11 Å². The molecule has 1 atom stereocenters. The quantitative estimate of drug-likeness (QED) is 0.775. The summed E-state index contributed by atoms with van der Waals surface area (Å²) >= 11 is 5.76. The number of hydrogen-bond donors (Lipinski definition) is 1. The minimum absolute atomic E-state index is 0.324. The fourth-order valence-corrected chi connectivity index (χ4v) is 2.29. The lowest BCUT2D eigenvalue weighted by Crippen LogP contribution is -2.05. The maximum atomic E-state index is 13.1. The van der Waals surface area contributed by atoms with Crippen LogP contribution in [-0.4, -0.2) is 5.11 Å². The summed E-state index contributed by atoms with van der Waals surface area (Å²) in [6, 6.07) is 4.20. The van der Waals surface area contributed by atoms with E-state index in [0.717, 1.165) is 24.8 Å². The zero-order chi connectivity index (χ0) is 11.5. The summed E-state index contributed by atoms with van der Waals surface area (Å²) < 4.78 is 13.1. The first-order valence-electron chi connectivity index (χ1n) is 5.50. The van der Waals surface area contributed by atoms with Crippen molar-refractivity contribution in [1.82, 2.24) is 0 Å². The third-order valence-electron chi connectivity index (χ3n) is 2.88. The zero-order valence-electron chi connectivity index (χ0n) is 8.92. The highest BCUT2D eigenvalue weighted by Crippen LogP contribution is 2.31. The van der Waals surface area contributed by atoms with Gasteiger partial charge in [0.15, 0.2) is 0 Å². The van der Waals surface area contributed by atoms with Crippen molar-refractivity contribution in [1.29, 1.82) is 0 Å². The molecule has 0 saturated heterocycles. The molecule has 0 aromatic heterocycles. The van der Waals surface area contributed by atoms with Gasteiger partial charge in [0.2, 0.25) is 0 Å². The molecule has 0 saturated carbocycles. The van der Waals surface area contributed by atoms with Crippen molar-refractivity contribution < 1.29 is 9.50 Å². The van der Waals surface area contributed by atoms with Crippen molar-refractivity contribution in [3.05, 3.63) is 46.3 Å². The Kier molecular flexibility index (Phi) is 3.62. The summed E-state index contributed by atoms with van der Waals surface area (Å²) in [5, 5.41) is 10.4. The molecule has 0 amide bonds. The van der Waals surface area contributed by atoms with Crippen LogP contribution in [0.3, 0.4) is 0 Å². The molecule has 1 aromatic rings. The van der Waals surface area contributed by atoms with Crippen LogP contribution >= 0.6 is 11.6 Å². The van der Waals surface area contributed by atoms with E-state index in [0.29, 0.717) is 10.6 Å². The van der Waals surface area contributed by atoms with E-state index in [1.807, 2.05) is 6.08 Å². The molecule has 1 aromatic carbocycles. The molecule has 0 spiro atoms. The molecule has 1 unspecified atom stereocenters. The summed E-state index contributed by atoms with van der Waals surface area (Å²) in [4.78, 5) is 0. The number of hydrogen-bond acceptors (Lipinski definition) is 1. The second-order valence-electron chi connectivity index (χ2n) is 4.13. The molecule has 0 heterocycles. The smallest absolute Gasteiger partial charge is 0.125 e. The number of halogens is 2. The van der Waals surface area contributed by atoms with E-state index in [-0.39, 0.29) is 0 Å². The molecule has 3 heteroatoms. The topological polar surface area (TPSA) is 20.2 Å². The molecule has 16 heavy (non-hydrogen) atoms. The Bertz CT molecular complexity index is 394. The lowest BCUT2D eigenvalue weighted by Gasteiger charge is -2.19. The highest BCUT2D eigenvalue weighted by Gasteiger charge is 2.16. The predicted octanol–water partition coefficient (Wildman–Crippen LogP) is 4.01. The molecule has 1 aliphatic rings. The van der Waals surface area contributed by atoms with E-state index in [4.69, 9.17) is 11.6 Å². The van der Waals surface area contributed by atoms with Crippen LogP contribution in [0.2, 0.25) is 5.02 Å². The maximum Gasteiger partial charge on any atom is 0.125 e. The van der Waals surface area contributed by atoms with E-state index >= 15 is 0 Å². The molecule has 0 bridgehead atoms. The number of aliphatic hydroxyl groups is 1. The van der Waals surface area contributed by atoms with Crippen LogP contribution in [0.4, 0.5) is 4.39 Å². The van der Waals surface area contributed by atoms with Crippen molar-refractivity contribution in [2.75, 3.05) is 0 Å². The highest BCUT2D eigenvalue weighted by molar-refractivity contribution is 6.30. The zero-order valence-corrected chi connectivity index (χ0v) is 9.67. The third-order valence-corrected chi connectivity index (χ3v) is 3.10. The van der Waals surface area contributed by atoms with E-state index in [1.54, 1.807) is 6.07 Å². The minimum atomic E-state index is -0.714. The summed E-state index contributed by atoms with van der Waals surface area (Å²) in [6.07, 6.45) is 5.47. The third kappa shape index (κ3) is 2.63. The Labute approximate surface area is 99.6 Å². The van der Waals surface area contributed by atoms with Crippen LogP contribution in [0.15, 0.2) is 29.8 Å². The van der Waals surface area contributed by atoms with Crippen molar-refractivity contribution in [2.45, 2.75) is 31.8 Å². The fraction of sp³-hybridized carbons (Fsp3) is 0.385. The Balaban J connectivity index is 2.25. The Morgan fingerprint density at radius 3 is 2.69 bits per heavy atom. The molecular formula is C13H14ClFO. The lowest BCUT2D eigenvalue weighted by molar-refractivity contribution is 0.208. The molecule has 1 nitrogen and oxygen atoms in total.